The lowest BCUT2D eigenvalue weighted by atomic mass is 10.1. The van der Waals surface area contributed by atoms with Crippen molar-refractivity contribution in [2.75, 3.05) is 13.1 Å². The summed E-state index contributed by atoms with van der Waals surface area (Å²) in [4.78, 5) is 2.10. The smallest absolute Gasteiger partial charge is 0.0991 e. The Kier molecular flexibility index (Phi) is 5.05. The standard InChI is InChI=1S/C13H15N3/c1-2-8-16(9-7-14)11-13-5-3-12(10-15)4-6-13/h3-6H,2,8-9,11H2,1H3. The molecule has 1 aromatic rings. The van der Waals surface area contributed by atoms with E-state index in [9.17, 15) is 0 Å². The van der Waals surface area contributed by atoms with Gasteiger partial charge in [0.2, 0.25) is 0 Å². The molecule has 0 N–H and O–H groups in total. The summed E-state index contributed by atoms with van der Waals surface area (Å²) in [5.41, 5.74) is 1.81. The third kappa shape index (κ3) is 3.73. The van der Waals surface area contributed by atoms with E-state index in [4.69, 9.17) is 10.5 Å². The number of hydrogen-bond donors (Lipinski definition) is 0. The zero-order valence-corrected chi connectivity index (χ0v) is 9.48. The van der Waals surface area contributed by atoms with Crippen LogP contribution in [0.4, 0.5) is 0 Å². The fourth-order valence-electron chi connectivity index (χ4n) is 1.57. The van der Waals surface area contributed by atoms with Crippen molar-refractivity contribution >= 4 is 0 Å². The van der Waals surface area contributed by atoms with Crippen molar-refractivity contribution in [1.29, 1.82) is 10.5 Å². The fraction of sp³-hybridized carbons (Fsp3) is 0.385. The predicted octanol–water partition coefficient (Wildman–Crippen LogP) is 2.29. The largest absolute Gasteiger partial charge is 0.286 e. The summed E-state index contributed by atoms with van der Waals surface area (Å²) in [6.07, 6.45) is 1.04. The Morgan fingerprint density at radius 1 is 1.19 bits per heavy atom. The predicted molar refractivity (Wildman–Crippen MR) is 62.3 cm³/mol. The lowest BCUT2D eigenvalue weighted by molar-refractivity contribution is 0.298. The van der Waals surface area contributed by atoms with Crippen molar-refractivity contribution < 1.29 is 0 Å². The van der Waals surface area contributed by atoms with E-state index in [1.807, 2.05) is 24.3 Å². The van der Waals surface area contributed by atoms with Crippen LogP contribution in [-0.2, 0) is 6.54 Å². The maximum absolute atomic E-state index is 8.69. The van der Waals surface area contributed by atoms with Gasteiger partial charge in [0.1, 0.15) is 0 Å². The summed E-state index contributed by atoms with van der Waals surface area (Å²) in [5.74, 6) is 0. The summed E-state index contributed by atoms with van der Waals surface area (Å²) >= 11 is 0. The molecule has 0 atom stereocenters. The van der Waals surface area contributed by atoms with Gasteiger partial charge in [-0.2, -0.15) is 10.5 Å². The summed E-state index contributed by atoms with van der Waals surface area (Å²) in [7, 11) is 0. The topological polar surface area (TPSA) is 50.8 Å². The van der Waals surface area contributed by atoms with Crippen molar-refractivity contribution in [3.8, 4) is 12.1 Å². The quantitative estimate of drug-likeness (QED) is 0.705. The molecule has 0 bridgehead atoms. The third-order valence-corrected chi connectivity index (χ3v) is 2.32. The lowest BCUT2D eigenvalue weighted by Crippen LogP contribution is -2.24. The number of hydrogen-bond acceptors (Lipinski definition) is 3. The highest BCUT2D eigenvalue weighted by Gasteiger charge is 2.03. The number of nitriles is 2. The van der Waals surface area contributed by atoms with Gasteiger partial charge in [-0.25, -0.2) is 0 Å². The van der Waals surface area contributed by atoms with Crippen LogP contribution in [0.25, 0.3) is 0 Å². The minimum absolute atomic E-state index is 0.452. The van der Waals surface area contributed by atoms with Gasteiger partial charge in [0, 0.05) is 6.54 Å². The SMILES string of the molecule is CCCN(CC#N)Cc1ccc(C#N)cc1. The molecule has 3 heteroatoms. The Labute approximate surface area is 96.5 Å². The Morgan fingerprint density at radius 3 is 2.38 bits per heavy atom. The molecule has 0 aliphatic heterocycles. The van der Waals surface area contributed by atoms with Crippen LogP contribution in [0.2, 0.25) is 0 Å². The highest BCUT2D eigenvalue weighted by Crippen LogP contribution is 2.07. The number of benzene rings is 1. The van der Waals surface area contributed by atoms with Gasteiger partial charge in [-0.15, -0.1) is 0 Å². The summed E-state index contributed by atoms with van der Waals surface area (Å²) < 4.78 is 0. The van der Waals surface area contributed by atoms with E-state index in [1.165, 1.54) is 0 Å². The average Bonchev–Trinajstić information content (AvgIpc) is 2.31. The maximum Gasteiger partial charge on any atom is 0.0991 e. The number of nitrogens with zero attached hydrogens (tertiary/aromatic N) is 3. The van der Waals surface area contributed by atoms with E-state index in [0.717, 1.165) is 25.1 Å². The fourth-order valence-corrected chi connectivity index (χ4v) is 1.57. The van der Waals surface area contributed by atoms with Crippen LogP contribution >= 0.6 is 0 Å². The zero-order valence-electron chi connectivity index (χ0n) is 9.48. The van der Waals surface area contributed by atoms with Crippen LogP contribution in [0, 0.1) is 22.7 Å². The van der Waals surface area contributed by atoms with Gasteiger partial charge >= 0.3 is 0 Å². The molecule has 0 amide bonds. The third-order valence-electron chi connectivity index (χ3n) is 2.32. The number of rotatable bonds is 5. The molecule has 0 saturated heterocycles. The van der Waals surface area contributed by atoms with E-state index >= 15 is 0 Å². The van der Waals surface area contributed by atoms with Crippen LogP contribution in [0.15, 0.2) is 24.3 Å². The van der Waals surface area contributed by atoms with Gasteiger partial charge < -0.3 is 0 Å². The molecule has 0 aliphatic rings. The van der Waals surface area contributed by atoms with Gasteiger partial charge in [0.05, 0.1) is 24.2 Å². The molecule has 0 unspecified atom stereocenters. The van der Waals surface area contributed by atoms with Crippen LogP contribution in [0.1, 0.15) is 24.5 Å². The van der Waals surface area contributed by atoms with Gasteiger partial charge in [0.25, 0.3) is 0 Å². The first-order valence-corrected chi connectivity index (χ1v) is 5.38. The first-order valence-electron chi connectivity index (χ1n) is 5.38. The Bertz CT molecular complexity index is 395. The molecule has 0 spiro atoms. The van der Waals surface area contributed by atoms with E-state index in [1.54, 1.807) is 0 Å². The highest BCUT2D eigenvalue weighted by atomic mass is 15.1. The van der Waals surface area contributed by atoms with E-state index in [-0.39, 0.29) is 0 Å². The minimum atomic E-state index is 0.452. The molecule has 3 nitrogen and oxygen atoms in total. The van der Waals surface area contributed by atoms with Crippen LogP contribution < -0.4 is 0 Å². The molecular formula is C13H15N3. The molecule has 0 radical (unpaired) electrons. The second kappa shape index (κ2) is 6.61. The first kappa shape index (κ1) is 12.2. The van der Waals surface area contributed by atoms with E-state index in [2.05, 4.69) is 24.0 Å². The molecule has 1 aromatic carbocycles. The average molecular weight is 213 g/mol. The van der Waals surface area contributed by atoms with Gasteiger partial charge in [-0.05, 0) is 30.7 Å². The summed E-state index contributed by atoms with van der Waals surface area (Å²) in [6.45, 7) is 4.25. The van der Waals surface area contributed by atoms with Crippen molar-refractivity contribution in [1.82, 2.24) is 4.90 Å². The molecule has 0 aliphatic carbocycles. The van der Waals surface area contributed by atoms with Crippen molar-refractivity contribution in [3.05, 3.63) is 35.4 Å². The Morgan fingerprint density at radius 2 is 1.88 bits per heavy atom. The normalized spacial score (nSPS) is 9.75. The van der Waals surface area contributed by atoms with Crippen LogP contribution in [0.5, 0.6) is 0 Å². The second-order valence-electron chi connectivity index (χ2n) is 3.68. The first-order chi connectivity index (χ1) is 7.80. The van der Waals surface area contributed by atoms with Gasteiger partial charge in [0.15, 0.2) is 0 Å². The second-order valence-corrected chi connectivity index (χ2v) is 3.68. The molecule has 82 valence electrons. The highest BCUT2D eigenvalue weighted by molar-refractivity contribution is 5.31. The van der Waals surface area contributed by atoms with E-state index < -0.39 is 0 Å². The van der Waals surface area contributed by atoms with Crippen molar-refractivity contribution in [2.24, 2.45) is 0 Å². The van der Waals surface area contributed by atoms with E-state index in [0.29, 0.717) is 12.1 Å². The minimum Gasteiger partial charge on any atom is -0.286 e. The molecule has 0 heterocycles. The maximum atomic E-state index is 8.69. The molecule has 0 fully saturated rings. The van der Waals surface area contributed by atoms with Gasteiger partial charge in [-0.1, -0.05) is 19.1 Å². The van der Waals surface area contributed by atoms with Crippen molar-refractivity contribution in [3.63, 3.8) is 0 Å². The Hall–Kier alpha value is -1.84. The lowest BCUT2D eigenvalue weighted by Gasteiger charge is -2.17. The van der Waals surface area contributed by atoms with Gasteiger partial charge in [-0.3, -0.25) is 4.90 Å². The van der Waals surface area contributed by atoms with Crippen LogP contribution in [-0.4, -0.2) is 18.0 Å². The molecule has 0 aromatic heterocycles. The molecule has 16 heavy (non-hydrogen) atoms. The molecular weight excluding hydrogens is 198 g/mol. The zero-order chi connectivity index (χ0) is 11.8. The molecule has 0 saturated carbocycles. The monoisotopic (exact) mass is 213 g/mol. The molecule has 1 rings (SSSR count). The summed E-state index contributed by atoms with van der Waals surface area (Å²) in [6, 6.07) is 11.8. The Balaban J connectivity index is 2.63. The van der Waals surface area contributed by atoms with Crippen molar-refractivity contribution in [2.45, 2.75) is 19.9 Å². The van der Waals surface area contributed by atoms with Crippen LogP contribution in [0.3, 0.4) is 0 Å². The summed E-state index contributed by atoms with van der Waals surface area (Å²) in [5, 5.41) is 17.4.